The summed E-state index contributed by atoms with van der Waals surface area (Å²) in [4.78, 5) is 30.0. The second kappa shape index (κ2) is 8.08. The van der Waals surface area contributed by atoms with Gasteiger partial charge in [-0.2, -0.15) is 13.2 Å². The molecule has 0 saturated carbocycles. The fraction of sp³-hybridized carbons (Fsp3) is 0.381. The number of alkyl halides is 3. The molecule has 0 unspecified atom stereocenters. The summed E-state index contributed by atoms with van der Waals surface area (Å²) in [5.41, 5.74) is -1.42. The molecule has 0 bridgehead atoms. The molecule has 2 amide bonds. The van der Waals surface area contributed by atoms with Crippen molar-refractivity contribution in [3.05, 3.63) is 46.7 Å². The molecule has 12 heteroatoms. The number of hydrogen-bond donors (Lipinski definition) is 1. The number of nitrogens with one attached hydrogen (secondary N) is 1. The van der Waals surface area contributed by atoms with Crippen molar-refractivity contribution in [1.82, 2.24) is 19.6 Å². The van der Waals surface area contributed by atoms with E-state index < -0.39 is 29.3 Å². The van der Waals surface area contributed by atoms with Crippen LogP contribution in [0, 0.1) is 0 Å². The van der Waals surface area contributed by atoms with Gasteiger partial charge in [-0.1, -0.05) is 0 Å². The number of carbonyl (C=O) groups is 2. The first kappa shape index (κ1) is 23.1. The number of rotatable bonds is 3. The predicted octanol–water partition coefficient (Wildman–Crippen LogP) is 4.72. The number of pyridine rings is 1. The second-order valence-electron chi connectivity index (χ2n) is 8.69. The summed E-state index contributed by atoms with van der Waals surface area (Å²) in [6.45, 7) is 5.61. The monoisotopic (exact) mass is 528 g/mol. The maximum Gasteiger partial charge on any atom is 0.420 e. The minimum atomic E-state index is -4.68. The number of aromatic nitrogens is 2. The molecule has 1 aliphatic heterocycles. The SMILES string of the molecule is CC(C)(C)OC(=O)NC1CN(C(=O)c2cn3cc(-c4coc(Br)c4)cc(C(F)(F)F)c3n2)C1. The first-order valence-corrected chi connectivity index (χ1v) is 10.7. The Morgan fingerprint density at radius 3 is 2.45 bits per heavy atom. The van der Waals surface area contributed by atoms with Crippen LogP contribution in [0.1, 0.15) is 36.8 Å². The van der Waals surface area contributed by atoms with Crippen LogP contribution in [0.15, 0.2) is 39.9 Å². The molecule has 1 fully saturated rings. The van der Waals surface area contributed by atoms with Crippen molar-refractivity contribution in [2.24, 2.45) is 0 Å². The number of halogens is 4. The van der Waals surface area contributed by atoms with Crippen LogP contribution in [-0.2, 0) is 10.9 Å². The normalized spacial score (nSPS) is 14.9. The lowest BCUT2D eigenvalue weighted by molar-refractivity contribution is -0.136. The van der Waals surface area contributed by atoms with Crippen molar-refractivity contribution in [3.8, 4) is 11.1 Å². The molecule has 1 aliphatic rings. The van der Waals surface area contributed by atoms with Crippen molar-refractivity contribution in [1.29, 1.82) is 0 Å². The Bertz CT molecular complexity index is 1220. The van der Waals surface area contributed by atoms with Crippen molar-refractivity contribution < 1.29 is 31.9 Å². The van der Waals surface area contributed by atoms with Gasteiger partial charge in [-0.05, 0) is 48.8 Å². The van der Waals surface area contributed by atoms with E-state index in [1.807, 2.05) is 0 Å². The molecule has 4 heterocycles. The first-order valence-electron chi connectivity index (χ1n) is 9.93. The molecule has 176 valence electrons. The van der Waals surface area contributed by atoms with E-state index in [9.17, 15) is 22.8 Å². The van der Waals surface area contributed by atoms with Gasteiger partial charge in [-0.25, -0.2) is 9.78 Å². The van der Waals surface area contributed by atoms with Gasteiger partial charge < -0.3 is 23.8 Å². The van der Waals surface area contributed by atoms with Gasteiger partial charge in [0, 0.05) is 36.6 Å². The molecular weight excluding hydrogens is 509 g/mol. The van der Waals surface area contributed by atoms with Crippen LogP contribution in [0.2, 0.25) is 0 Å². The average molecular weight is 529 g/mol. The Kier molecular flexibility index (Phi) is 5.67. The highest BCUT2D eigenvalue weighted by molar-refractivity contribution is 9.10. The third-order valence-corrected chi connectivity index (χ3v) is 5.28. The zero-order valence-corrected chi connectivity index (χ0v) is 19.5. The lowest BCUT2D eigenvalue weighted by Gasteiger charge is -2.39. The maximum absolute atomic E-state index is 13.7. The summed E-state index contributed by atoms with van der Waals surface area (Å²) < 4.78 is 53.0. The molecule has 1 saturated heterocycles. The van der Waals surface area contributed by atoms with E-state index >= 15 is 0 Å². The molecule has 8 nitrogen and oxygen atoms in total. The largest absolute Gasteiger partial charge is 0.457 e. The number of fused-ring (bicyclic) bond motifs is 1. The number of carbonyl (C=O) groups excluding carboxylic acids is 2. The average Bonchev–Trinajstić information content (AvgIpc) is 3.26. The van der Waals surface area contributed by atoms with E-state index in [-0.39, 0.29) is 36.0 Å². The van der Waals surface area contributed by atoms with Gasteiger partial charge in [0.25, 0.3) is 5.91 Å². The van der Waals surface area contributed by atoms with Crippen LogP contribution in [-0.4, -0.2) is 51.0 Å². The molecule has 33 heavy (non-hydrogen) atoms. The van der Waals surface area contributed by atoms with E-state index in [1.165, 1.54) is 28.0 Å². The van der Waals surface area contributed by atoms with Gasteiger partial charge in [0.2, 0.25) is 0 Å². The van der Waals surface area contributed by atoms with Gasteiger partial charge in [0.15, 0.2) is 4.67 Å². The molecule has 3 aromatic heterocycles. The van der Waals surface area contributed by atoms with Gasteiger partial charge in [0.05, 0.1) is 17.9 Å². The standard InChI is InChI=1S/C21H20BrF3N4O4/c1-20(2,3)33-19(31)26-13-7-29(8-13)18(30)15-9-28-6-11(12-5-16(22)32-10-12)4-14(17(28)27-15)21(23,24)25/h4-6,9-10,13H,7-8H2,1-3H3,(H,26,31). The maximum atomic E-state index is 13.7. The summed E-state index contributed by atoms with van der Waals surface area (Å²) in [6, 6.07) is 2.21. The molecule has 4 rings (SSSR count). The minimum Gasteiger partial charge on any atom is -0.457 e. The third-order valence-electron chi connectivity index (χ3n) is 4.87. The molecule has 0 spiro atoms. The van der Waals surface area contributed by atoms with E-state index in [4.69, 9.17) is 9.15 Å². The fourth-order valence-corrected chi connectivity index (χ4v) is 3.74. The number of hydrogen-bond acceptors (Lipinski definition) is 5. The van der Waals surface area contributed by atoms with Crippen LogP contribution in [0.5, 0.6) is 0 Å². The van der Waals surface area contributed by atoms with Crippen molar-refractivity contribution in [3.63, 3.8) is 0 Å². The molecule has 0 aliphatic carbocycles. The number of imidazole rings is 1. The molecule has 0 atom stereocenters. The molecule has 1 N–H and O–H groups in total. The van der Waals surface area contributed by atoms with Gasteiger partial charge in [-0.3, -0.25) is 4.79 Å². The topological polar surface area (TPSA) is 89.1 Å². The Morgan fingerprint density at radius 1 is 1.18 bits per heavy atom. The highest BCUT2D eigenvalue weighted by Crippen LogP contribution is 2.36. The van der Waals surface area contributed by atoms with E-state index in [0.717, 1.165) is 6.07 Å². The zero-order chi connectivity index (χ0) is 24.1. The highest BCUT2D eigenvalue weighted by atomic mass is 79.9. The predicted molar refractivity (Wildman–Crippen MR) is 115 cm³/mol. The van der Waals surface area contributed by atoms with E-state index in [2.05, 4.69) is 26.2 Å². The molecular formula is C21H20BrF3N4O4. The van der Waals surface area contributed by atoms with Crippen LogP contribution in [0.4, 0.5) is 18.0 Å². The van der Waals surface area contributed by atoms with Crippen LogP contribution in [0.3, 0.4) is 0 Å². The minimum absolute atomic E-state index is 0.123. The lowest BCUT2D eigenvalue weighted by atomic mass is 10.1. The Hall–Kier alpha value is -3.02. The second-order valence-corrected chi connectivity index (χ2v) is 9.47. The number of nitrogens with zero attached hydrogens (tertiary/aromatic N) is 3. The Labute approximate surface area is 194 Å². The first-order chi connectivity index (χ1) is 15.3. The lowest BCUT2D eigenvalue weighted by Crippen LogP contribution is -2.61. The Morgan fingerprint density at radius 2 is 1.88 bits per heavy atom. The van der Waals surface area contributed by atoms with Gasteiger partial charge >= 0.3 is 12.3 Å². The van der Waals surface area contributed by atoms with Crippen molar-refractivity contribution >= 4 is 33.6 Å². The quantitative estimate of drug-likeness (QED) is 0.531. The summed E-state index contributed by atoms with van der Waals surface area (Å²) in [5, 5.41) is 2.65. The Balaban J connectivity index is 1.54. The van der Waals surface area contributed by atoms with Crippen molar-refractivity contribution in [2.75, 3.05) is 13.1 Å². The molecule has 3 aromatic rings. The van der Waals surface area contributed by atoms with E-state index in [0.29, 0.717) is 10.2 Å². The summed E-state index contributed by atoms with van der Waals surface area (Å²) in [5.74, 6) is -0.526. The van der Waals surface area contributed by atoms with Crippen molar-refractivity contribution in [2.45, 2.75) is 38.6 Å². The van der Waals surface area contributed by atoms with Gasteiger partial charge in [0.1, 0.15) is 16.9 Å². The number of alkyl carbamates (subject to hydrolysis) is 1. The summed E-state index contributed by atoms with van der Waals surface area (Å²) in [7, 11) is 0. The summed E-state index contributed by atoms with van der Waals surface area (Å²) >= 11 is 3.13. The number of furan rings is 1. The fourth-order valence-electron chi connectivity index (χ4n) is 3.40. The number of likely N-dealkylation sites (tertiary alicyclic amines) is 1. The molecule has 0 radical (unpaired) electrons. The van der Waals surface area contributed by atoms with E-state index in [1.54, 1.807) is 26.8 Å². The molecule has 0 aromatic carbocycles. The zero-order valence-electron chi connectivity index (χ0n) is 17.9. The number of amides is 2. The van der Waals surface area contributed by atoms with Crippen LogP contribution in [0.25, 0.3) is 16.8 Å². The number of ether oxygens (including phenoxy) is 1. The van der Waals surface area contributed by atoms with Crippen LogP contribution >= 0.6 is 15.9 Å². The third kappa shape index (κ3) is 5.00. The summed E-state index contributed by atoms with van der Waals surface area (Å²) in [6.07, 6.45) is -1.23. The van der Waals surface area contributed by atoms with Gasteiger partial charge in [-0.15, -0.1) is 0 Å². The van der Waals surface area contributed by atoms with Crippen LogP contribution < -0.4 is 5.32 Å². The smallest absolute Gasteiger partial charge is 0.420 e. The highest BCUT2D eigenvalue weighted by Gasteiger charge is 2.37.